The molecule has 0 aromatic carbocycles. The van der Waals surface area contributed by atoms with Crippen LogP contribution in [-0.2, 0) is 0 Å². The van der Waals surface area contributed by atoms with Crippen molar-refractivity contribution in [3.05, 3.63) is 0 Å². The van der Waals surface area contributed by atoms with Crippen molar-refractivity contribution in [3.8, 4) is 0 Å². The Hall–Kier alpha value is -0.0800. The van der Waals surface area contributed by atoms with Crippen LogP contribution in [0.2, 0.25) is 0 Å². The van der Waals surface area contributed by atoms with E-state index in [1.165, 1.54) is 38.8 Å². The highest BCUT2D eigenvalue weighted by atomic mass is 15.3. The molecule has 2 nitrogen and oxygen atoms in total. The number of rotatable bonds is 4. The van der Waals surface area contributed by atoms with Gasteiger partial charge in [-0.3, -0.25) is 4.90 Å². The first-order valence-corrected chi connectivity index (χ1v) is 4.78. The van der Waals surface area contributed by atoms with Crippen LogP contribution in [0.4, 0.5) is 0 Å². The van der Waals surface area contributed by atoms with Gasteiger partial charge < -0.3 is 5.32 Å². The Kier molecular flexibility index (Phi) is 3.87. The van der Waals surface area contributed by atoms with E-state index in [1.807, 2.05) is 0 Å². The highest BCUT2D eigenvalue weighted by Crippen LogP contribution is 2.11. The molecular weight excluding hydrogens is 136 g/mol. The Balaban J connectivity index is 2.05. The van der Waals surface area contributed by atoms with Gasteiger partial charge in [-0.2, -0.15) is 0 Å². The van der Waals surface area contributed by atoms with Crippen molar-refractivity contribution in [1.29, 1.82) is 0 Å². The van der Waals surface area contributed by atoms with Crippen molar-refractivity contribution >= 4 is 0 Å². The first kappa shape index (κ1) is 9.01. The average molecular weight is 156 g/mol. The smallest absolute Gasteiger partial charge is 0.0595 e. The Bertz CT molecular complexity index is 104. The molecule has 1 aliphatic heterocycles. The van der Waals surface area contributed by atoms with Crippen molar-refractivity contribution in [3.63, 3.8) is 0 Å². The van der Waals surface area contributed by atoms with Crippen LogP contribution in [0.15, 0.2) is 0 Å². The number of likely N-dealkylation sites (tertiary alicyclic amines) is 1. The fourth-order valence-corrected chi connectivity index (χ4v) is 1.61. The molecule has 1 unspecified atom stereocenters. The second-order valence-corrected chi connectivity index (χ2v) is 3.45. The van der Waals surface area contributed by atoms with Gasteiger partial charge in [0.05, 0.1) is 6.17 Å². The molecule has 1 aliphatic rings. The van der Waals surface area contributed by atoms with E-state index in [4.69, 9.17) is 0 Å². The van der Waals surface area contributed by atoms with E-state index in [9.17, 15) is 0 Å². The minimum absolute atomic E-state index is 0.668. The molecule has 0 amide bonds. The van der Waals surface area contributed by atoms with Crippen molar-refractivity contribution in [2.75, 3.05) is 20.1 Å². The fraction of sp³-hybridized carbons (Fsp3) is 1.00. The van der Waals surface area contributed by atoms with Gasteiger partial charge in [0.1, 0.15) is 0 Å². The van der Waals surface area contributed by atoms with Crippen molar-refractivity contribution in [1.82, 2.24) is 10.2 Å². The summed E-state index contributed by atoms with van der Waals surface area (Å²) < 4.78 is 0. The molecule has 0 aliphatic carbocycles. The molecule has 1 N–H and O–H groups in total. The van der Waals surface area contributed by atoms with E-state index in [-0.39, 0.29) is 0 Å². The number of unbranched alkanes of at least 4 members (excludes halogenated alkanes) is 1. The monoisotopic (exact) mass is 156 g/mol. The predicted molar refractivity (Wildman–Crippen MR) is 48.6 cm³/mol. The molecule has 0 aromatic heterocycles. The number of hydrogen-bond acceptors (Lipinski definition) is 2. The van der Waals surface area contributed by atoms with Gasteiger partial charge in [0.2, 0.25) is 0 Å². The molecule has 0 bridgehead atoms. The maximum absolute atomic E-state index is 3.56. The highest BCUT2D eigenvalue weighted by Gasteiger charge is 2.18. The molecule has 0 radical (unpaired) electrons. The average Bonchev–Trinajstić information content (AvgIpc) is 2.37. The van der Waals surface area contributed by atoms with E-state index in [0.29, 0.717) is 6.17 Å². The Morgan fingerprint density at radius 3 is 2.91 bits per heavy atom. The zero-order chi connectivity index (χ0) is 8.10. The minimum Gasteiger partial charge on any atom is -0.302 e. The van der Waals surface area contributed by atoms with Gasteiger partial charge in [0.25, 0.3) is 0 Å². The Morgan fingerprint density at radius 1 is 1.55 bits per heavy atom. The molecule has 11 heavy (non-hydrogen) atoms. The van der Waals surface area contributed by atoms with Gasteiger partial charge in [-0.1, -0.05) is 13.3 Å². The third kappa shape index (κ3) is 2.80. The topological polar surface area (TPSA) is 15.3 Å². The summed E-state index contributed by atoms with van der Waals surface area (Å²) >= 11 is 0. The summed E-state index contributed by atoms with van der Waals surface area (Å²) in [5.41, 5.74) is 0. The van der Waals surface area contributed by atoms with E-state index >= 15 is 0 Å². The predicted octanol–water partition coefficient (Wildman–Crippen LogP) is 1.43. The third-order valence-corrected chi connectivity index (χ3v) is 2.43. The van der Waals surface area contributed by atoms with Gasteiger partial charge in [-0.15, -0.1) is 0 Å². The molecule has 0 spiro atoms. The molecule has 0 aromatic rings. The van der Waals surface area contributed by atoms with Gasteiger partial charge in [0, 0.05) is 0 Å². The molecule has 1 rings (SSSR count). The maximum atomic E-state index is 3.56. The van der Waals surface area contributed by atoms with E-state index < -0.39 is 0 Å². The normalized spacial score (nSPS) is 26.2. The van der Waals surface area contributed by atoms with Crippen LogP contribution >= 0.6 is 0 Å². The Morgan fingerprint density at radius 2 is 2.36 bits per heavy atom. The third-order valence-electron chi connectivity index (χ3n) is 2.43. The first-order chi connectivity index (χ1) is 5.34. The van der Waals surface area contributed by atoms with Gasteiger partial charge in [0.15, 0.2) is 0 Å². The Labute approximate surface area is 70.0 Å². The van der Waals surface area contributed by atoms with Crippen LogP contribution in [0.1, 0.15) is 32.6 Å². The van der Waals surface area contributed by atoms with Gasteiger partial charge in [-0.05, 0) is 39.4 Å². The zero-order valence-corrected chi connectivity index (χ0v) is 7.77. The summed E-state index contributed by atoms with van der Waals surface area (Å²) in [6.45, 7) is 4.69. The molecule has 1 heterocycles. The van der Waals surface area contributed by atoms with Crippen molar-refractivity contribution < 1.29 is 0 Å². The minimum atomic E-state index is 0.668. The summed E-state index contributed by atoms with van der Waals surface area (Å²) in [6.07, 6.45) is 5.97. The first-order valence-electron chi connectivity index (χ1n) is 4.78. The number of nitrogens with zero attached hydrogens (tertiary/aromatic N) is 1. The lowest BCUT2D eigenvalue weighted by Crippen LogP contribution is -2.39. The lowest BCUT2D eigenvalue weighted by atomic mass is 10.3. The van der Waals surface area contributed by atoms with Gasteiger partial charge >= 0.3 is 0 Å². The fourth-order valence-electron chi connectivity index (χ4n) is 1.61. The zero-order valence-electron chi connectivity index (χ0n) is 7.77. The van der Waals surface area contributed by atoms with Crippen LogP contribution < -0.4 is 5.32 Å². The van der Waals surface area contributed by atoms with Crippen LogP contribution in [0.3, 0.4) is 0 Å². The second kappa shape index (κ2) is 4.73. The van der Waals surface area contributed by atoms with Crippen LogP contribution in [-0.4, -0.2) is 31.2 Å². The van der Waals surface area contributed by atoms with Crippen LogP contribution in [0, 0.1) is 0 Å². The SMILES string of the molecule is CCCCNC1CCCN1C. The van der Waals surface area contributed by atoms with Crippen LogP contribution in [0.5, 0.6) is 0 Å². The summed E-state index contributed by atoms with van der Waals surface area (Å²) in [6, 6.07) is 0. The van der Waals surface area contributed by atoms with E-state index in [0.717, 1.165) is 0 Å². The number of nitrogens with one attached hydrogen (secondary N) is 1. The largest absolute Gasteiger partial charge is 0.302 e. The summed E-state index contributed by atoms with van der Waals surface area (Å²) in [5.74, 6) is 0. The lowest BCUT2D eigenvalue weighted by Gasteiger charge is -2.20. The summed E-state index contributed by atoms with van der Waals surface area (Å²) in [4.78, 5) is 2.41. The quantitative estimate of drug-likeness (QED) is 0.619. The molecular formula is C9H20N2. The van der Waals surface area contributed by atoms with E-state index in [2.05, 4.69) is 24.2 Å². The molecule has 1 atom stereocenters. The van der Waals surface area contributed by atoms with Gasteiger partial charge in [-0.25, -0.2) is 0 Å². The number of hydrogen-bond donors (Lipinski definition) is 1. The van der Waals surface area contributed by atoms with E-state index in [1.54, 1.807) is 0 Å². The highest BCUT2D eigenvalue weighted by molar-refractivity contribution is 4.73. The molecule has 66 valence electrons. The second-order valence-electron chi connectivity index (χ2n) is 3.45. The molecule has 2 heteroatoms. The molecule has 0 saturated carbocycles. The van der Waals surface area contributed by atoms with Crippen molar-refractivity contribution in [2.45, 2.75) is 38.8 Å². The summed E-state index contributed by atoms with van der Waals surface area (Å²) in [7, 11) is 2.20. The maximum Gasteiger partial charge on any atom is 0.0595 e. The molecule has 1 saturated heterocycles. The standard InChI is InChI=1S/C9H20N2/c1-3-4-7-10-9-6-5-8-11(9)2/h9-10H,3-8H2,1-2H3. The van der Waals surface area contributed by atoms with Crippen LogP contribution in [0.25, 0.3) is 0 Å². The molecule has 1 fully saturated rings. The van der Waals surface area contributed by atoms with Crippen molar-refractivity contribution in [2.24, 2.45) is 0 Å². The lowest BCUT2D eigenvalue weighted by molar-refractivity contribution is 0.264. The summed E-state index contributed by atoms with van der Waals surface area (Å²) in [5, 5.41) is 3.56.